The van der Waals surface area contributed by atoms with Gasteiger partial charge in [0.25, 0.3) is 0 Å². The van der Waals surface area contributed by atoms with Crippen molar-refractivity contribution in [3.05, 3.63) is 29.8 Å². The highest BCUT2D eigenvalue weighted by atomic mass is 15.2. The van der Waals surface area contributed by atoms with Gasteiger partial charge in [-0.15, -0.1) is 0 Å². The largest absolute Gasteiger partial charge is 0.364 e. The SMILES string of the molecule is CCCC(CC)(CN)N1CCCCc2ccccc21. The van der Waals surface area contributed by atoms with Gasteiger partial charge in [-0.3, -0.25) is 0 Å². The van der Waals surface area contributed by atoms with Crippen LogP contribution in [0.3, 0.4) is 0 Å². The molecule has 0 aromatic heterocycles. The smallest absolute Gasteiger partial charge is 0.0521 e. The Balaban J connectivity index is 2.41. The molecule has 0 aliphatic carbocycles. The Kier molecular flexibility index (Phi) is 4.87. The lowest BCUT2D eigenvalue weighted by atomic mass is 9.87. The molecule has 106 valence electrons. The fourth-order valence-corrected chi connectivity index (χ4v) is 3.51. The summed E-state index contributed by atoms with van der Waals surface area (Å²) >= 11 is 0. The van der Waals surface area contributed by atoms with Crippen LogP contribution in [0.5, 0.6) is 0 Å². The Hall–Kier alpha value is -1.02. The van der Waals surface area contributed by atoms with Crippen molar-refractivity contribution in [2.45, 2.75) is 57.9 Å². The molecule has 2 heteroatoms. The lowest BCUT2D eigenvalue weighted by Crippen LogP contribution is -2.54. The molecular weight excluding hydrogens is 232 g/mol. The number of hydrogen-bond donors (Lipinski definition) is 1. The standard InChI is InChI=1S/C17H28N2/c1-3-12-17(4-2,14-18)19-13-8-7-10-15-9-5-6-11-16(15)19/h5-6,9,11H,3-4,7-8,10,12-14,18H2,1-2H3. The average Bonchev–Trinajstić information content (AvgIpc) is 2.68. The van der Waals surface area contributed by atoms with E-state index < -0.39 is 0 Å². The molecule has 2 nitrogen and oxygen atoms in total. The zero-order chi connectivity index (χ0) is 13.7. The van der Waals surface area contributed by atoms with Crippen LogP contribution in [-0.4, -0.2) is 18.6 Å². The quantitative estimate of drug-likeness (QED) is 0.874. The van der Waals surface area contributed by atoms with Crippen LogP contribution >= 0.6 is 0 Å². The molecule has 0 amide bonds. The van der Waals surface area contributed by atoms with E-state index in [0.717, 1.165) is 19.5 Å². The summed E-state index contributed by atoms with van der Waals surface area (Å²) in [5, 5.41) is 0. The van der Waals surface area contributed by atoms with E-state index in [0.29, 0.717) is 0 Å². The number of nitrogens with two attached hydrogens (primary N) is 1. The van der Waals surface area contributed by atoms with Gasteiger partial charge in [0.05, 0.1) is 5.54 Å². The summed E-state index contributed by atoms with van der Waals surface area (Å²) in [5.41, 5.74) is 9.28. The summed E-state index contributed by atoms with van der Waals surface area (Å²) in [6.45, 7) is 6.47. The molecule has 0 spiro atoms. The third-order valence-corrected chi connectivity index (χ3v) is 4.69. The molecule has 1 heterocycles. The van der Waals surface area contributed by atoms with Crippen molar-refractivity contribution < 1.29 is 0 Å². The number of anilines is 1. The second kappa shape index (κ2) is 6.42. The van der Waals surface area contributed by atoms with Crippen LogP contribution in [0, 0.1) is 0 Å². The summed E-state index contributed by atoms with van der Waals surface area (Å²) in [7, 11) is 0. The van der Waals surface area contributed by atoms with Crippen LogP contribution in [-0.2, 0) is 6.42 Å². The second-order valence-corrected chi connectivity index (χ2v) is 5.77. The predicted molar refractivity (Wildman–Crippen MR) is 83.7 cm³/mol. The minimum absolute atomic E-state index is 0.148. The van der Waals surface area contributed by atoms with E-state index in [-0.39, 0.29) is 5.54 Å². The lowest BCUT2D eigenvalue weighted by Gasteiger charge is -2.45. The first-order valence-electron chi connectivity index (χ1n) is 7.83. The minimum Gasteiger partial charge on any atom is -0.364 e. The Morgan fingerprint density at radius 1 is 1.21 bits per heavy atom. The molecule has 1 aliphatic rings. The molecule has 19 heavy (non-hydrogen) atoms. The van der Waals surface area contributed by atoms with E-state index in [4.69, 9.17) is 5.73 Å². The zero-order valence-corrected chi connectivity index (χ0v) is 12.5. The van der Waals surface area contributed by atoms with Crippen molar-refractivity contribution in [2.75, 3.05) is 18.0 Å². The number of rotatable bonds is 5. The van der Waals surface area contributed by atoms with Crippen molar-refractivity contribution in [3.63, 3.8) is 0 Å². The van der Waals surface area contributed by atoms with Gasteiger partial charge in [0, 0.05) is 18.8 Å². The highest BCUT2D eigenvalue weighted by molar-refractivity contribution is 5.56. The van der Waals surface area contributed by atoms with Crippen molar-refractivity contribution in [1.29, 1.82) is 0 Å². The highest BCUT2D eigenvalue weighted by Gasteiger charge is 2.34. The van der Waals surface area contributed by atoms with Crippen LogP contribution in [0.2, 0.25) is 0 Å². The summed E-state index contributed by atoms with van der Waals surface area (Å²) in [6.07, 6.45) is 7.30. The summed E-state index contributed by atoms with van der Waals surface area (Å²) in [5.74, 6) is 0. The average molecular weight is 260 g/mol. The van der Waals surface area contributed by atoms with Gasteiger partial charge in [0.15, 0.2) is 0 Å². The van der Waals surface area contributed by atoms with Crippen LogP contribution < -0.4 is 10.6 Å². The Labute approximate surface area is 118 Å². The maximum Gasteiger partial charge on any atom is 0.0521 e. The Morgan fingerprint density at radius 3 is 2.68 bits per heavy atom. The van der Waals surface area contributed by atoms with E-state index in [1.807, 2.05) is 0 Å². The number of fused-ring (bicyclic) bond motifs is 1. The molecule has 0 saturated carbocycles. The number of aryl methyl sites for hydroxylation is 1. The summed E-state index contributed by atoms with van der Waals surface area (Å²) < 4.78 is 0. The molecule has 1 unspecified atom stereocenters. The maximum absolute atomic E-state index is 6.20. The molecule has 1 aliphatic heterocycles. The first-order chi connectivity index (χ1) is 9.27. The third-order valence-electron chi connectivity index (χ3n) is 4.69. The van der Waals surface area contributed by atoms with Crippen molar-refractivity contribution in [2.24, 2.45) is 5.73 Å². The number of benzene rings is 1. The van der Waals surface area contributed by atoms with Gasteiger partial charge in [-0.2, -0.15) is 0 Å². The van der Waals surface area contributed by atoms with E-state index >= 15 is 0 Å². The van der Waals surface area contributed by atoms with Crippen molar-refractivity contribution in [3.8, 4) is 0 Å². The highest BCUT2D eigenvalue weighted by Crippen LogP contribution is 2.35. The number of nitrogens with zero attached hydrogens (tertiary/aromatic N) is 1. The van der Waals surface area contributed by atoms with E-state index in [9.17, 15) is 0 Å². The van der Waals surface area contributed by atoms with Crippen molar-refractivity contribution >= 4 is 5.69 Å². The van der Waals surface area contributed by atoms with Crippen LogP contribution in [0.25, 0.3) is 0 Å². The topological polar surface area (TPSA) is 29.3 Å². The third kappa shape index (κ3) is 2.79. The molecular formula is C17H28N2. The molecule has 0 saturated heterocycles. The summed E-state index contributed by atoms with van der Waals surface area (Å²) in [6, 6.07) is 8.91. The van der Waals surface area contributed by atoms with Crippen LogP contribution in [0.15, 0.2) is 24.3 Å². The van der Waals surface area contributed by atoms with Gasteiger partial charge in [-0.05, 0) is 43.7 Å². The normalized spacial score (nSPS) is 18.6. The van der Waals surface area contributed by atoms with Crippen molar-refractivity contribution in [1.82, 2.24) is 0 Å². The maximum atomic E-state index is 6.20. The molecule has 2 N–H and O–H groups in total. The summed E-state index contributed by atoms with van der Waals surface area (Å²) in [4.78, 5) is 2.62. The van der Waals surface area contributed by atoms with Crippen LogP contribution in [0.1, 0.15) is 51.5 Å². The van der Waals surface area contributed by atoms with Gasteiger partial charge in [-0.1, -0.05) is 38.5 Å². The monoisotopic (exact) mass is 260 g/mol. The molecule has 0 bridgehead atoms. The van der Waals surface area contributed by atoms with Gasteiger partial charge in [0.2, 0.25) is 0 Å². The van der Waals surface area contributed by atoms with Gasteiger partial charge in [0.1, 0.15) is 0 Å². The molecule has 0 fully saturated rings. The van der Waals surface area contributed by atoms with E-state index in [1.165, 1.54) is 43.4 Å². The molecule has 0 radical (unpaired) electrons. The van der Waals surface area contributed by atoms with Gasteiger partial charge in [-0.25, -0.2) is 0 Å². The number of para-hydroxylation sites is 1. The fourth-order valence-electron chi connectivity index (χ4n) is 3.51. The van der Waals surface area contributed by atoms with Gasteiger partial charge >= 0.3 is 0 Å². The van der Waals surface area contributed by atoms with Gasteiger partial charge < -0.3 is 10.6 Å². The molecule has 1 atom stereocenters. The Bertz CT molecular complexity index is 396. The first kappa shape index (κ1) is 14.4. The minimum atomic E-state index is 0.148. The van der Waals surface area contributed by atoms with E-state index in [1.54, 1.807) is 0 Å². The number of hydrogen-bond acceptors (Lipinski definition) is 2. The van der Waals surface area contributed by atoms with E-state index in [2.05, 4.69) is 43.0 Å². The molecule has 1 aromatic rings. The lowest BCUT2D eigenvalue weighted by molar-refractivity contribution is 0.349. The predicted octanol–water partition coefficient (Wildman–Crippen LogP) is 3.74. The molecule has 2 rings (SSSR count). The zero-order valence-electron chi connectivity index (χ0n) is 12.5. The van der Waals surface area contributed by atoms with Crippen LogP contribution in [0.4, 0.5) is 5.69 Å². The fraction of sp³-hybridized carbons (Fsp3) is 0.647. The molecule has 1 aromatic carbocycles. The Morgan fingerprint density at radius 2 is 2.00 bits per heavy atom. The second-order valence-electron chi connectivity index (χ2n) is 5.77. The first-order valence-corrected chi connectivity index (χ1v) is 7.83.